The third-order valence-corrected chi connectivity index (χ3v) is 5.20. The third kappa shape index (κ3) is 2.28. The molecule has 0 saturated heterocycles. The van der Waals surface area contributed by atoms with Gasteiger partial charge in [0.2, 0.25) is 0 Å². The highest BCUT2D eigenvalue weighted by atomic mass is 14.7. The van der Waals surface area contributed by atoms with Gasteiger partial charge in [0.15, 0.2) is 0 Å². The molecule has 1 nitrogen and oxygen atoms in total. The molecule has 124 valence electrons. The fourth-order valence-corrected chi connectivity index (χ4v) is 3.93. The van der Waals surface area contributed by atoms with Crippen LogP contribution in [0.5, 0.6) is 0 Å². The Balaban J connectivity index is 1.97. The predicted octanol–water partition coefficient (Wildman–Crippen LogP) is 6.83. The average molecular weight is 333 g/mol. The number of hydrogen-bond acceptors (Lipinski definition) is 1. The van der Waals surface area contributed by atoms with Crippen LogP contribution in [-0.2, 0) is 0 Å². The van der Waals surface area contributed by atoms with E-state index in [-0.39, 0.29) is 0 Å². The molecule has 0 atom stereocenters. The summed E-state index contributed by atoms with van der Waals surface area (Å²) >= 11 is 0. The van der Waals surface area contributed by atoms with Gasteiger partial charge in [-0.05, 0) is 64.4 Å². The molecule has 4 aromatic carbocycles. The van der Waals surface area contributed by atoms with Crippen LogP contribution in [0.15, 0.2) is 79.0 Å². The lowest BCUT2D eigenvalue weighted by Gasteiger charge is -2.13. The predicted molar refractivity (Wildman–Crippen MR) is 112 cm³/mol. The standard InChI is InChI=1S/C25H19N/c1-16-6-9-19-20-11-8-18(25-5-3-4-12-26-25)15-24(20)23-14-17(2)7-10-21(23)22(19)13-16/h3-15H,1-2H3. The summed E-state index contributed by atoms with van der Waals surface area (Å²) in [6, 6.07) is 26.3. The number of benzene rings is 4. The summed E-state index contributed by atoms with van der Waals surface area (Å²) in [5, 5.41) is 7.88. The monoisotopic (exact) mass is 333 g/mol. The zero-order chi connectivity index (χ0) is 17.7. The summed E-state index contributed by atoms with van der Waals surface area (Å²) in [6.45, 7) is 4.32. The van der Waals surface area contributed by atoms with Crippen LogP contribution in [0.2, 0.25) is 0 Å². The minimum Gasteiger partial charge on any atom is -0.256 e. The largest absolute Gasteiger partial charge is 0.256 e. The molecule has 5 aromatic rings. The van der Waals surface area contributed by atoms with Crippen molar-refractivity contribution in [3.8, 4) is 11.3 Å². The molecule has 0 bridgehead atoms. The zero-order valence-corrected chi connectivity index (χ0v) is 15.0. The van der Waals surface area contributed by atoms with Crippen LogP contribution in [0.1, 0.15) is 11.1 Å². The van der Waals surface area contributed by atoms with E-state index in [0.29, 0.717) is 0 Å². The van der Waals surface area contributed by atoms with Crippen molar-refractivity contribution >= 4 is 32.3 Å². The van der Waals surface area contributed by atoms with Crippen LogP contribution in [-0.4, -0.2) is 4.98 Å². The van der Waals surface area contributed by atoms with Gasteiger partial charge in [0.05, 0.1) is 5.69 Å². The number of nitrogens with zero attached hydrogens (tertiary/aromatic N) is 1. The van der Waals surface area contributed by atoms with Gasteiger partial charge in [-0.2, -0.15) is 0 Å². The molecule has 1 heterocycles. The highest BCUT2D eigenvalue weighted by Crippen LogP contribution is 2.37. The second-order valence-electron chi connectivity index (χ2n) is 7.07. The van der Waals surface area contributed by atoms with Crippen molar-refractivity contribution in [3.05, 3.63) is 90.1 Å². The topological polar surface area (TPSA) is 12.9 Å². The van der Waals surface area contributed by atoms with E-state index < -0.39 is 0 Å². The van der Waals surface area contributed by atoms with E-state index in [1.54, 1.807) is 0 Å². The van der Waals surface area contributed by atoms with Crippen LogP contribution < -0.4 is 0 Å². The summed E-state index contributed by atoms with van der Waals surface area (Å²) < 4.78 is 0. The minimum atomic E-state index is 1.01. The smallest absolute Gasteiger partial charge is 0.0702 e. The Morgan fingerprint density at radius 1 is 0.538 bits per heavy atom. The SMILES string of the molecule is Cc1ccc2c3ccc(-c4ccccn4)cc3c3cc(C)ccc3c2c1. The summed E-state index contributed by atoms with van der Waals surface area (Å²) in [6.07, 6.45) is 1.85. The minimum absolute atomic E-state index is 1.01. The first-order valence-electron chi connectivity index (χ1n) is 8.98. The van der Waals surface area contributed by atoms with Crippen molar-refractivity contribution in [2.45, 2.75) is 13.8 Å². The lowest BCUT2D eigenvalue weighted by Crippen LogP contribution is -1.87. The van der Waals surface area contributed by atoms with E-state index in [0.717, 1.165) is 11.3 Å². The number of aromatic nitrogens is 1. The maximum atomic E-state index is 4.53. The van der Waals surface area contributed by atoms with Gasteiger partial charge in [-0.25, -0.2) is 0 Å². The lowest BCUT2D eigenvalue weighted by atomic mass is 9.91. The average Bonchev–Trinajstić information content (AvgIpc) is 2.68. The first kappa shape index (κ1) is 15.1. The summed E-state index contributed by atoms with van der Waals surface area (Å²) in [5.41, 5.74) is 4.75. The van der Waals surface area contributed by atoms with Crippen LogP contribution >= 0.6 is 0 Å². The van der Waals surface area contributed by atoms with E-state index in [4.69, 9.17) is 0 Å². The Labute approximate surface area is 152 Å². The Kier molecular flexibility index (Phi) is 3.29. The van der Waals surface area contributed by atoms with E-state index in [1.165, 1.54) is 43.4 Å². The molecular weight excluding hydrogens is 314 g/mol. The molecule has 26 heavy (non-hydrogen) atoms. The highest BCUT2D eigenvalue weighted by molar-refractivity contribution is 6.25. The Bertz CT molecular complexity index is 1280. The van der Waals surface area contributed by atoms with Crippen LogP contribution in [0, 0.1) is 13.8 Å². The van der Waals surface area contributed by atoms with Crippen LogP contribution in [0.25, 0.3) is 43.6 Å². The van der Waals surface area contributed by atoms with Gasteiger partial charge in [-0.3, -0.25) is 4.98 Å². The first-order valence-corrected chi connectivity index (χ1v) is 8.98. The van der Waals surface area contributed by atoms with Gasteiger partial charge >= 0.3 is 0 Å². The third-order valence-electron chi connectivity index (χ3n) is 5.20. The Morgan fingerprint density at radius 3 is 1.77 bits per heavy atom. The van der Waals surface area contributed by atoms with Gasteiger partial charge in [0, 0.05) is 11.8 Å². The molecule has 0 spiro atoms. The molecule has 0 aliphatic heterocycles. The Hall–Kier alpha value is -3.19. The van der Waals surface area contributed by atoms with Crippen molar-refractivity contribution in [1.29, 1.82) is 0 Å². The van der Waals surface area contributed by atoms with Crippen molar-refractivity contribution in [1.82, 2.24) is 4.98 Å². The van der Waals surface area contributed by atoms with Gasteiger partial charge in [-0.1, -0.05) is 65.7 Å². The van der Waals surface area contributed by atoms with Gasteiger partial charge in [-0.15, -0.1) is 0 Å². The fraction of sp³-hybridized carbons (Fsp3) is 0.0800. The second kappa shape index (κ2) is 5.67. The summed E-state index contributed by atoms with van der Waals surface area (Å²) in [4.78, 5) is 4.53. The maximum absolute atomic E-state index is 4.53. The van der Waals surface area contributed by atoms with Crippen LogP contribution in [0.4, 0.5) is 0 Å². The first-order chi connectivity index (χ1) is 12.7. The molecule has 0 amide bonds. The molecule has 0 saturated carbocycles. The van der Waals surface area contributed by atoms with E-state index in [2.05, 4.69) is 79.5 Å². The van der Waals surface area contributed by atoms with Gasteiger partial charge < -0.3 is 0 Å². The van der Waals surface area contributed by atoms with Crippen molar-refractivity contribution in [3.63, 3.8) is 0 Å². The molecule has 0 radical (unpaired) electrons. The van der Waals surface area contributed by atoms with Gasteiger partial charge in [0.25, 0.3) is 0 Å². The summed E-state index contributed by atoms with van der Waals surface area (Å²) in [7, 11) is 0. The molecule has 0 aliphatic carbocycles. The van der Waals surface area contributed by atoms with Crippen LogP contribution in [0.3, 0.4) is 0 Å². The van der Waals surface area contributed by atoms with Crippen molar-refractivity contribution in [2.24, 2.45) is 0 Å². The fourth-order valence-electron chi connectivity index (χ4n) is 3.93. The molecule has 0 aliphatic rings. The number of hydrogen-bond donors (Lipinski definition) is 0. The molecular formula is C25H19N. The number of aryl methyl sites for hydroxylation is 2. The number of rotatable bonds is 1. The quantitative estimate of drug-likeness (QED) is 0.306. The number of fused-ring (bicyclic) bond motifs is 6. The van der Waals surface area contributed by atoms with Crippen molar-refractivity contribution in [2.75, 3.05) is 0 Å². The molecule has 5 rings (SSSR count). The molecule has 0 fully saturated rings. The molecule has 0 unspecified atom stereocenters. The second-order valence-corrected chi connectivity index (χ2v) is 7.07. The van der Waals surface area contributed by atoms with E-state index in [1.807, 2.05) is 18.3 Å². The van der Waals surface area contributed by atoms with E-state index >= 15 is 0 Å². The maximum Gasteiger partial charge on any atom is 0.0702 e. The summed E-state index contributed by atoms with van der Waals surface area (Å²) in [5.74, 6) is 0. The number of pyridine rings is 1. The molecule has 0 N–H and O–H groups in total. The van der Waals surface area contributed by atoms with Gasteiger partial charge in [0.1, 0.15) is 0 Å². The van der Waals surface area contributed by atoms with Crippen molar-refractivity contribution < 1.29 is 0 Å². The molecule has 1 heteroatoms. The highest BCUT2D eigenvalue weighted by Gasteiger charge is 2.10. The lowest BCUT2D eigenvalue weighted by molar-refractivity contribution is 1.33. The normalized spacial score (nSPS) is 11.5. The Morgan fingerprint density at radius 2 is 1.12 bits per heavy atom. The van der Waals surface area contributed by atoms with E-state index in [9.17, 15) is 0 Å². The zero-order valence-electron chi connectivity index (χ0n) is 15.0. The molecule has 1 aromatic heterocycles.